The zero-order valence-electron chi connectivity index (χ0n) is 13.2. The first kappa shape index (κ1) is 14.6. The van der Waals surface area contributed by atoms with E-state index in [9.17, 15) is 4.79 Å². The van der Waals surface area contributed by atoms with Crippen molar-refractivity contribution in [2.24, 2.45) is 0 Å². The molecule has 0 spiro atoms. The van der Waals surface area contributed by atoms with Crippen LogP contribution in [0.1, 0.15) is 26.3 Å². The quantitative estimate of drug-likeness (QED) is 0.825. The van der Waals surface area contributed by atoms with Gasteiger partial charge in [-0.3, -0.25) is 4.90 Å². The number of nitrogens with zero attached hydrogens (tertiary/aromatic N) is 1. The predicted molar refractivity (Wildman–Crippen MR) is 89.1 cm³/mol. The van der Waals surface area contributed by atoms with Crippen molar-refractivity contribution in [3.05, 3.63) is 54.1 Å². The number of hydrogen-bond acceptors (Lipinski definition) is 2. The molecule has 2 aromatic carbocycles. The molecule has 0 aliphatic carbocycles. The van der Waals surface area contributed by atoms with Crippen LogP contribution in [0.3, 0.4) is 0 Å². The molecule has 2 unspecified atom stereocenters. The first-order chi connectivity index (χ1) is 10.6. The van der Waals surface area contributed by atoms with Crippen molar-refractivity contribution < 1.29 is 9.53 Å². The number of benzene rings is 2. The number of carbonyl (C=O) groups is 1. The molecule has 1 fully saturated rings. The molecule has 2 atom stereocenters. The van der Waals surface area contributed by atoms with E-state index < -0.39 is 0 Å². The van der Waals surface area contributed by atoms with Crippen LogP contribution in [-0.4, -0.2) is 18.2 Å². The van der Waals surface area contributed by atoms with Crippen molar-refractivity contribution in [1.82, 2.24) is 0 Å². The Morgan fingerprint density at radius 3 is 2.41 bits per heavy atom. The van der Waals surface area contributed by atoms with Crippen molar-refractivity contribution in [3.8, 4) is 11.1 Å². The average molecular weight is 295 g/mol. The molecule has 1 amide bonds. The number of amides is 1. The summed E-state index contributed by atoms with van der Waals surface area (Å²) in [6.07, 6.45) is 0.589. The maximum absolute atomic E-state index is 12.1. The van der Waals surface area contributed by atoms with Gasteiger partial charge < -0.3 is 4.74 Å². The summed E-state index contributed by atoms with van der Waals surface area (Å²) in [6.45, 7) is 6.09. The van der Waals surface area contributed by atoms with Crippen molar-refractivity contribution in [1.29, 1.82) is 0 Å². The van der Waals surface area contributed by atoms with Crippen LogP contribution in [0, 0.1) is 0 Å². The summed E-state index contributed by atoms with van der Waals surface area (Å²) in [5.74, 6) is 0. The molecule has 0 aromatic heterocycles. The SMILES string of the molecule is CCc1cc(N2C(=O)OC(C)C2C)ccc1-c1ccccc1. The topological polar surface area (TPSA) is 29.5 Å². The van der Waals surface area contributed by atoms with E-state index in [1.807, 2.05) is 38.1 Å². The van der Waals surface area contributed by atoms with E-state index in [2.05, 4.69) is 31.2 Å². The van der Waals surface area contributed by atoms with Crippen LogP contribution in [0.2, 0.25) is 0 Å². The molecular formula is C19H21NO2. The fraction of sp³-hybridized carbons (Fsp3) is 0.316. The van der Waals surface area contributed by atoms with Gasteiger partial charge in [0.1, 0.15) is 6.10 Å². The van der Waals surface area contributed by atoms with E-state index in [0.29, 0.717) is 0 Å². The minimum Gasteiger partial charge on any atom is -0.444 e. The smallest absolute Gasteiger partial charge is 0.415 e. The molecule has 1 saturated heterocycles. The standard InChI is InChI=1S/C19H21NO2/c1-4-15-12-17(20-13(2)14(3)22-19(20)21)10-11-18(15)16-8-6-5-7-9-16/h5-14H,4H2,1-3H3. The van der Waals surface area contributed by atoms with Gasteiger partial charge in [0, 0.05) is 5.69 Å². The summed E-state index contributed by atoms with van der Waals surface area (Å²) in [6, 6.07) is 16.6. The lowest BCUT2D eigenvalue weighted by atomic mass is 9.97. The highest BCUT2D eigenvalue weighted by Gasteiger charge is 2.37. The van der Waals surface area contributed by atoms with Crippen LogP contribution < -0.4 is 4.90 Å². The van der Waals surface area contributed by atoms with Crippen LogP contribution in [-0.2, 0) is 11.2 Å². The third-order valence-electron chi connectivity index (χ3n) is 4.40. The van der Waals surface area contributed by atoms with Gasteiger partial charge in [-0.2, -0.15) is 0 Å². The molecule has 114 valence electrons. The molecule has 2 aromatic rings. The number of cyclic esters (lactones) is 1. The molecule has 3 nitrogen and oxygen atoms in total. The number of ether oxygens (including phenoxy) is 1. The number of rotatable bonds is 3. The van der Waals surface area contributed by atoms with Crippen LogP contribution in [0.5, 0.6) is 0 Å². The normalized spacial score (nSPS) is 21.0. The number of hydrogen-bond donors (Lipinski definition) is 0. The lowest BCUT2D eigenvalue weighted by molar-refractivity contribution is 0.143. The second-order valence-corrected chi connectivity index (χ2v) is 5.76. The van der Waals surface area contributed by atoms with Crippen molar-refractivity contribution in [3.63, 3.8) is 0 Å². The molecule has 0 bridgehead atoms. The summed E-state index contributed by atoms with van der Waals surface area (Å²) < 4.78 is 5.32. The maximum atomic E-state index is 12.1. The van der Waals surface area contributed by atoms with E-state index in [4.69, 9.17) is 4.74 Å². The lowest BCUT2D eigenvalue weighted by Crippen LogP contribution is -2.33. The van der Waals surface area contributed by atoms with E-state index in [1.165, 1.54) is 16.7 Å². The summed E-state index contributed by atoms with van der Waals surface area (Å²) in [4.78, 5) is 13.8. The highest BCUT2D eigenvalue weighted by atomic mass is 16.6. The first-order valence-corrected chi connectivity index (χ1v) is 7.80. The zero-order valence-corrected chi connectivity index (χ0v) is 13.2. The Morgan fingerprint density at radius 2 is 1.82 bits per heavy atom. The fourth-order valence-electron chi connectivity index (χ4n) is 2.95. The van der Waals surface area contributed by atoms with Crippen molar-refractivity contribution in [2.45, 2.75) is 39.3 Å². The Hall–Kier alpha value is -2.29. The van der Waals surface area contributed by atoms with Crippen molar-refractivity contribution in [2.75, 3.05) is 4.90 Å². The van der Waals surface area contributed by atoms with Crippen LogP contribution in [0.15, 0.2) is 48.5 Å². The maximum Gasteiger partial charge on any atom is 0.415 e. The minimum atomic E-state index is -0.255. The Morgan fingerprint density at radius 1 is 1.09 bits per heavy atom. The van der Waals surface area contributed by atoms with Crippen LogP contribution in [0.25, 0.3) is 11.1 Å². The molecular weight excluding hydrogens is 274 g/mol. The molecule has 1 heterocycles. The Kier molecular flexibility index (Phi) is 3.88. The monoisotopic (exact) mass is 295 g/mol. The largest absolute Gasteiger partial charge is 0.444 e. The number of anilines is 1. The number of aryl methyl sites for hydroxylation is 1. The van der Waals surface area contributed by atoms with Gasteiger partial charge in [-0.15, -0.1) is 0 Å². The first-order valence-electron chi connectivity index (χ1n) is 7.80. The van der Waals surface area contributed by atoms with Gasteiger partial charge >= 0.3 is 6.09 Å². The second-order valence-electron chi connectivity index (χ2n) is 5.76. The predicted octanol–water partition coefficient (Wildman–Crippen LogP) is 4.65. The Bertz CT molecular complexity index is 681. The average Bonchev–Trinajstić information content (AvgIpc) is 2.80. The van der Waals surface area contributed by atoms with Crippen LogP contribution in [0.4, 0.5) is 10.5 Å². The summed E-state index contributed by atoms with van der Waals surface area (Å²) in [7, 11) is 0. The summed E-state index contributed by atoms with van der Waals surface area (Å²) in [5.41, 5.74) is 4.58. The van der Waals surface area contributed by atoms with Gasteiger partial charge in [0.05, 0.1) is 6.04 Å². The van der Waals surface area contributed by atoms with E-state index >= 15 is 0 Å². The zero-order chi connectivity index (χ0) is 15.7. The lowest BCUT2D eigenvalue weighted by Gasteiger charge is -2.21. The molecule has 3 heteroatoms. The minimum absolute atomic E-state index is 0.0554. The highest BCUT2D eigenvalue weighted by Crippen LogP contribution is 2.32. The molecule has 1 aliphatic rings. The highest BCUT2D eigenvalue weighted by molar-refractivity contribution is 5.91. The van der Waals surface area contributed by atoms with Gasteiger partial charge in [-0.05, 0) is 49.1 Å². The Balaban J connectivity index is 2.01. The summed E-state index contributed by atoms with van der Waals surface area (Å²) in [5, 5.41) is 0. The van der Waals surface area contributed by atoms with Gasteiger partial charge in [-0.1, -0.05) is 43.3 Å². The molecule has 1 aliphatic heterocycles. The molecule has 0 radical (unpaired) electrons. The van der Waals surface area contributed by atoms with Gasteiger partial charge in [0.2, 0.25) is 0 Å². The van der Waals surface area contributed by atoms with Gasteiger partial charge in [-0.25, -0.2) is 4.79 Å². The molecule has 0 N–H and O–H groups in total. The van der Waals surface area contributed by atoms with Crippen LogP contribution >= 0.6 is 0 Å². The number of carbonyl (C=O) groups excluding carboxylic acids is 1. The molecule has 3 rings (SSSR count). The molecule has 0 saturated carbocycles. The third kappa shape index (κ3) is 2.47. The summed E-state index contributed by atoms with van der Waals surface area (Å²) >= 11 is 0. The van der Waals surface area contributed by atoms with E-state index in [0.717, 1.165) is 12.1 Å². The third-order valence-corrected chi connectivity index (χ3v) is 4.40. The second kappa shape index (κ2) is 5.84. The van der Waals surface area contributed by atoms with E-state index in [-0.39, 0.29) is 18.2 Å². The molecule has 22 heavy (non-hydrogen) atoms. The van der Waals surface area contributed by atoms with Crippen molar-refractivity contribution >= 4 is 11.8 Å². The van der Waals surface area contributed by atoms with Gasteiger partial charge in [0.25, 0.3) is 0 Å². The van der Waals surface area contributed by atoms with E-state index in [1.54, 1.807) is 4.90 Å². The van der Waals surface area contributed by atoms with Gasteiger partial charge in [0.15, 0.2) is 0 Å². The fourth-order valence-corrected chi connectivity index (χ4v) is 2.95. The Labute approximate surface area is 131 Å².